The van der Waals surface area contributed by atoms with Crippen molar-refractivity contribution in [2.24, 2.45) is 4.99 Å². The zero-order chi connectivity index (χ0) is 20.2. The highest BCUT2D eigenvalue weighted by atomic mass is 127. The number of aromatic nitrogens is 1. The number of thiophene rings is 1. The van der Waals surface area contributed by atoms with Crippen LogP contribution in [-0.2, 0) is 29.3 Å². The summed E-state index contributed by atoms with van der Waals surface area (Å²) in [6, 6.07) is 3.22. The fourth-order valence-electron chi connectivity index (χ4n) is 1.84. The molecule has 14 heteroatoms. The second kappa shape index (κ2) is 10.2. The second-order valence-corrected chi connectivity index (χ2v) is 9.90. The summed E-state index contributed by atoms with van der Waals surface area (Å²) in [5, 5.41) is 7.10. The van der Waals surface area contributed by atoms with E-state index in [0.29, 0.717) is 12.5 Å². The van der Waals surface area contributed by atoms with Gasteiger partial charge in [-0.05, 0) is 12.1 Å². The van der Waals surface area contributed by atoms with Crippen LogP contribution >= 0.6 is 46.7 Å². The monoisotopic (exact) mass is 569 g/mol. The fraction of sp³-hybridized carbons (Fsp3) is 0.429. The fourth-order valence-corrected chi connectivity index (χ4v) is 5.05. The van der Waals surface area contributed by atoms with Crippen molar-refractivity contribution in [2.75, 3.05) is 21.1 Å². The van der Waals surface area contributed by atoms with E-state index in [1.807, 2.05) is 0 Å². The summed E-state index contributed by atoms with van der Waals surface area (Å²) in [6.07, 6.45) is -4.46. The number of rotatable bonds is 6. The molecule has 2 N–H and O–H groups in total. The number of hydrogen-bond acceptors (Lipinski definition) is 6. The molecule has 28 heavy (non-hydrogen) atoms. The molecular formula is C14H19F3IN5O2S3. The molecule has 7 nitrogen and oxygen atoms in total. The number of hydrogen-bond donors (Lipinski definition) is 2. The van der Waals surface area contributed by atoms with Crippen molar-refractivity contribution >= 4 is 62.6 Å². The molecule has 0 saturated carbocycles. The average molecular weight is 569 g/mol. The lowest BCUT2D eigenvalue weighted by atomic mass is 10.4. The summed E-state index contributed by atoms with van der Waals surface area (Å²) in [5.41, 5.74) is -0.916. The number of nitrogens with zero attached hydrogens (tertiary/aromatic N) is 3. The Morgan fingerprint density at radius 2 is 1.89 bits per heavy atom. The highest BCUT2D eigenvalue weighted by Gasteiger charge is 2.33. The number of halogens is 4. The van der Waals surface area contributed by atoms with Gasteiger partial charge in [0.1, 0.15) is 9.22 Å². The highest BCUT2D eigenvalue weighted by Crippen LogP contribution is 2.30. The van der Waals surface area contributed by atoms with Gasteiger partial charge in [-0.15, -0.1) is 46.7 Å². The summed E-state index contributed by atoms with van der Waals surface area (Å²) in [5.74, 6) is 0.365. The van der Waals surface area contributed by atoms with Crippen molar-refractivity contribution in [3.63, 3.8) is 0 Å². The van der Waals surface area contributed by atoms with E-state index in [4.69, 9.17) is 0 Å². The van der Waals surface area contributed by atoms with E-state index < -0.39 is 21.9 Å². The molecule has 0 spiro atoms. The third kappa shape index (κ3) is 6.53. The van der Waals surface area contributed by atoms with Crippen LogP contribution in [0.15, 0.2) is 26.7 Å². The van der Waals surface area contributed by atoms with Gasteiger partial charge in [0.05, 0.1) is 13.1 Å². The Kier molecular flexibility index (Phi) is 9.11. The maximum atomic E-state index is 12.6. The molecule has 2 aromatic heterocycles. The zero-order valence-corrected chi connectivity index (χ0v) is 19.9. The van der Waals surface area contributed by atoms with Crippen LogP contribution in [0.5, 0.6) is 0 Å². The van der Waals surface area contributed by atoms with Gasteiger partial charge in [0.15, 0.2) is 11.7 Å². The Balaban J connectivity index is 0.00000392. The zero-order valence-electron chi connectivity index (χ0n) is 15.1. The van der Waals surface area contributed by atoms with Crippen LogP contribution in [0.4, 0.5) is 13.2 Å². The van der Waals surface area contributed by atoms with E-state index in [9.17, 15) is 21.6 Å². The smallest absolute Gasteiger partial charge is 0.352 e. The van der Waals surface area contributed by atoms with Crippen molar-refractivity contribution in [1.29, 1.82) is 0 Å². The van der Waals surface area contributed by atoms with E-state index in [2.05, 4.69) is 20.6 Å². The maximum absolute atomic E-state index is 12.6. The molecule has 0 bridgehead atoms. The molecule has 0 saturated heterocycles. The van der Waals surface area contributed by atoms with Crippen LogP contribution in [0.25, 0.3) is 0 Å². The topological polar surface area (TPSA) is 86.7 Å². The van der Waals surface area contributed by atoms with Gasteiger partial charge in [0.2, 0.25) is 0 Å². The van der Waals surface area contributed by atoms with Gasteiger partial charge in [0.25, 0.3) is 10.0 Å². The summed E-state index contributed by atoms with van der Waals surface area (Å²) < 4.78 is 63.2. The predicted octanol–water partition coefficient (Wildman–Crippen LogP) is 2.96. The Bertz CT molecular complexity index is 909. The number of alkyl halides is 3. The first-order valence-electron chi connectivity index (χ1n) is 7.51. The maximum Gasteiger partial charge on any atom is 0.434 e. The van der Waals surface area contributed by atoms with Crippen LogP contribution in [0.3, 0.4) is 0 Å². The van der Waals surface area contributed by atoms with Crippen molar-refractivity contribution in [1.82, 2.24) is 19.9 Å². The van der Waals surface area contributed by atoms with E-state index >= 15 is 0 Å². The minimum atomic E-state index is -4.46. The molecule has 0 fully saturated rings. The van der Waals surface area contributed by atoms with E-state index in [0.717, 1.165) is 37.2 Å². The molecular weight excluding hydrogens is 550 g/mol. The Morgan fingerprint density at radius 3 is 2.43 bits per heavy atom. The van der Waals surface area contributed by atoms with Crippen molar-refractivity contribution in [2.45, 2.75) is 23.5 Å². The van der Waals surface area contributed by atoms with Crippen LogP contribution in [-0.4, -0.2) is 44.8 Å². The van der Waals surface area contributed by atoms with Crippen molar-refractivity contribution in [3.05, 3.63) is 33.1 Å². The molecule has 0 radical (unpaired) electrons. The first kappa shape index (κ1) is 25.1. The minimum absolute atomic E-state index is 0. The first-order valence-corrected chi connectivity index (χ1v) is 10.6. The highest BCUT2D eigenvalue weighted by molar-refractivity contribution is 14.0. The first-order chi connectivity index (χ1) is 12.5. The normalized spacial score (nSPS) is 12.8. The van der Waals surface area contributed by atoms with Crippen molar-refractivity contribution in [3.8, 4) is 0 Å². The summed E-state index contributed by atoms with van der Waals surface area (Å²) in [4.78, 5) is 8.29. The van der Waals surface area contributed by atoms with Crippen molar-refractivity contribution < 1.29 is 21.6 Å². The van der Waals surface area contributed by atoms with Gasteiger partial charge in [-0.3, -0.25) is 4.99 Å². The van der Waals surface area contributed by atoms with Gasteiger partial charge in [-0.2, -0.15) is 13.2 Å². The lowest BCUT2D eigenvalue weighted by molar-refractivity contribution is -0.140. The van der Waals surface area contributed by atoms with E-state index in [-0.39, 0.29) is 39.7 Å². The van der Waals surface area contributed by atoms with Gasteiger partial charge in [-0.1, -0.05) is 0 Å². The summed E-state index contributed by atoms with van der Waals surface area (Å²) in [7, 11) is 0.965. The molecule has 0 aliphatic rings. The van der Waals surface area contributed by atoms with Crippen LogP contribution in [0, 0.1) is 0 Å². The number of sulfonamides is 1. The lowest BCUT2D eigenvalue weighted by Crippen LogP contribution is -2.36. The third-order valence-corrected chi connectivity index (χ3v) is 7.49. The van der Waals surface area contributed by atoms with Crippen LogP contribution in [0.1, 0.15) is 15.6 Å². The Morgan fingerprint density at radius 1 is 1.25 bits per heavy atom. The number of nitrogens with one attached hydrogen (secondary N) is 2. The Labute approximate surface area is 186 Å². The third-order valence-electron chi connectivity index (χ3n) is 3.27. The molecule has 158 valence electrons. The van der Waals surface area contributed by atoms with Crippen LogP contribution in [0.2, 0.25) is 0 Å². The van der Waals surface area contributed by atoms with Gasteiger partial charge < -0.3 is 10.6 Å². The molecule has 0 unspecified atom stereocenters. The molecule has 0 aromatic carbocycles. The van der Waals surface area contributed by atoms with Gasteiger partial charge >= 0.3 is 6.18 Å². The largest absolute Gasteiger partial charge is 0.434 e. The molecule has 2 aromatic rings. The summed E-state index contributed by atoms with van der Waals surface area (Å²) in [6.45, 7) is 0.407. The van der Waals surface area contributed by atoms with Crippen LogP contribution < -0.4 is 10.6 Å². The molecule has 0 aliphatic carbocycles. The molecule has 0 aliphatic heterocycles. The molecule has 0 atom stereocenters. The Hall–Kier alpha value is -0.970. The number of guanidine groups is 1. The molecule has 2 rings (SSSR count). The molecule has 0 amide bonds. The van der Waals surface area contributed by atoms with E-state index in [1.54, 1.807) is 6.07 Å². The van der Waals surface area contributed by atoms with Gasteiger partial charge in [-0.25, -0.2) is 17.7 Å². The summed E-state index contributed by atoms with van der Waals surface area (Å²) >= 11 is 2.04. The van der Waals surface area contributed by atoms with E-state index in [1.165, 1.54) is 27.2 Å². The quantitative estimate of drug-likeness (QED) is 0.318. The minimum Gasteiger partial charge on any atom is -0.352 e. The number of aliphatic imine (C=N–C) groups is 1. The SMILES string of the molecule is CN=C(NCc1ccc(S(=O)(=O)N(C)C)s1)NCc1nc(C(F)(F)F)cs1.I. The molecule has 2 heterocycles. The lowest BCUT2D eigenvalue weighted by Gasteiger charge is -2.10. The standard InChI is InChI=1S/C14H18F3N5O2S3.HI/c1-18-13(20-7-11-21-10(8-25-11)14(15,16)17)19-6-9-4-5-12(26-9)27(23,24)22(2)3;/h4-5,8H,6-7H2,1-3H3,(H2,18,19,20);1H. The predicted molar refractivity (Wildman–Crippen MR) is 115 cm³/mol. The second-order valence-electron chi connectivity index (χ2n) is 5.41. The number of thiazole rings is 1. The van der Waals surface area contributed by atoms with Gasteiger partial charge in [0, 0.05) is 31.4 Å². The average Bonchev–Trinajstić information content (AvgIpc) is 3.24.